The molecule has 0 spiro atoms. The number of carbonyl (C=O) groups is 1. The fraction of sp³-hybridized carbons (Fsp3) is 0.478. The molecule has 2 aromatic heterocycles. The zero-order valence-electron chi connectivity index (χ0n) is 20.7. The van der Waals surface area contributed by atoms with Crippen molar-refractivity contribution in [3.05, 3.63) is 48.5 Å². The Morgan fingerprint density at radius 1 is 1.31 bits per heavy atom. The second kappa shape index (κ2) is 10.5. The maximum atomic E-state index is 13.7. The van der Waals surface area contributed by atoms with Crippen LogP contribution in [0.4, 0.5) is 5.82 Å². The van der Waals surface area contributed by atoms with Crippen LogP contribution >= 0.6 is 7.75 Å². The van der Waals surface area contributed by atoms with Crippen LogP contribution in [-0.2, 0) is 28.8 Å². The number of hydrogen-bond acceptors (Lipinski definition) is 10. The lowest BCUT2D eigenvalue weighted by Gasteiger charge is -2.24. The van der Waals surface area contributed by atoms with Gasteiger partial charge in [-0.3, -0.25) is 9.32 Å². The molecule has 0 aliphatic carbocycles. The lowest BCUT2D eigenvalue weighted by atomic mass is 9.85. The van der Waals surface area contributed by atoms with Gasteiger partial charge in [0.25, 0.3) is 0 Å². The summed E-state index contributed by atoms with van der Waals surface area (Å²) in [5.41, 5.74) is 6.76. The van der Waals surface area contributed by atoms with Gasteiger partial charge in [0.2, 0.25) is 0 Å². The SMILES string of the molecule is CC(C)OC(=O)[C@H](C)NP(=O)(OC[C@@H]1C[C@@](C)(c2cnc3c(N)ncnn23)CO1)Oc1ccccc1. The van der Waals surface area contributed by atoms with E-state index in [0.29, 0.717) is 24.4 Å². The number of hydrogen-bond donors (Lipinski definition) is 2. The number of nitrogens with zero attached hydrogens (tertiary/aromatic N) is 4. The quantitative estimate of drug-likeness (QED) is 0.301. The molecule has 1 aromatic carbocycles. The minimum atomic E-state index is -3.98. The second-order valence-corrected chi connectivity index (χ2v) is 10.9. The van der Waals surface area contributed by atoms with Crippen LogP contribution < -0.4 is 15.3 Å². The molecule has 3 aromatic rings. The molecule has 3 heterocycles. The predicted molar refractivity (Wildman–Crippen MR) is 131 cm³/mol. The molecule has 1 fully saturated rings. The minimum Gasteiger partial charge on any atom is -0.462 e. The van der Waals surface area contributed by atoms with Crippen LogP contribution in [-0.4, -0.2) is 57.0 Å². The normalized spacial score (nSPS) is 22.4. The first-order valence-electron chi connectivity index (χ1n) is 11.6. The highest BCUT2D eigenvalue weighted by molar-refractivity contribution is 7.52. The summed E-state index contributed by atoms with van der Waals surface area (Å²) in [4.78, 5) is 20.6. The molecule has 13 heteroatoms. The summed E-state index contributed by atoms with van der Waals surface area (Å²) in [6, 6.07) is 7.66. The van der Waals surface area contributed by atoms with Crippen molar-refractivity contribution in [3.63, 3.8) is 0 Å². The van der Waals surface area contributed by atoms with E-state index >= 15 is 0 Å². The largest absolute Gasteiger partial charge is 0.462 e. The number of para-hydroxylation sites is 1. The van der Waals surface area contributed by atoms with Crippen LogP contribution in [0, 0.1) is 0 Å². The number of aromatic nitrogens is 4. The Bertz CT molecular complexity index is 1250. The molecule has 36 heavy (non-hydrogen) atoms. The smallest absolute Gasteiger partial charge is 0.459 e. The number of nitrogens with one attached hydrogen (secondary N) is 1. The van der Waals surface area contributed by atoms with Crippen LogP contribution in [0.5, 0.6) is 5.75 Å². The fourth-order valence-corrected chi connectivity index (χ4v) is 5.49. The van der Waals surface area contributed by atoms with Crippen molar-refractivity contribution in [2.24, 2.45) is 0 Å². The highest BCUT2D eigenvalue weighted by atomic mass is 31.2. The van der Waals surface area contributed by atoms with Crippen LogP contribution in [0.2, 0.25) is 0 Å². The summed E-state index contributed by atoms with van der Waals surface area (Å²) in [6.45, 7) is 7.37. The van der Waals surface area contributed by atoms with Gasteiger partial charge in [0.15, 0.2) is 11.5 Å². The van der Waals surface area contributed by atoms with E-state index in [9.17, 15) is 9.36 Å². The molecule has 0 radical (unpaired) electrons. The number of imidazole rings is 1. The van der Waals surface area contributed by atoms with E-state index in [0.717, 1.165) is 5.69 Å². The van der Waals surface area contributed by atoms with Gasteiger partial charge < -0.3 is 19.7 Å². The van der Waals surface area contributed by atoms with E-state index < -0.39 is 31.3 Å². The van der Waals surface area contributed by atoms with Crippen LogP contribution in [0.25, 0.3) is 5.65 Å². The highest BCUT2D eigenvalue weighted by Crippen LogP contribution is 2.46. The van der Waals surface area contributed by atoms with E-state index in [4.69, 9.17) is 24.3 Å². The summed E-state index contributed by atoms with van der Waals surface area (Å²) in [7, 11) is -3.98. The Kier molecular flexibility index (Phi) is 7.60. The van der Waals surface area contributed by atoms with Crippen LogP contribution in [0.15, 0.2) is 42.9 Å². The first-order chi connectivity index (χ1) is 17.1. The van der Waals surface area contributed by atoms with E-state index in [2.05, 4.69) is 20.2 Å². The maximum absolute atomic E-state index is 13.7. The summed E-state index contributed by atoms with van der Waals surface area (Å²) < 4.78 is 38.0. The van der Waals surface area contributed by atoms with E-state index in [1.54, 1.807) is 54.9 Å². The Morgan fingerprint density at radius 3 is 2.78 bits per heavy atom. The Hall–Kier alpha value is -3.05. The molecule has 4 atom stereocenters. The van der Waals surface area contributed by atoms with Crippen LogP contribution in [0.1, 0.15) is 39.8 Å². The van der Waals surface area contributed by atoms with Gasteiger partial charge in [0.1, 0.15) is 18.1 Å². The van der Waals surface area contributed by atoms with Crippen LogP contribution in [0.3, 0.4) is 0 Å². The molecule has 4 rings (SSSR count). The molecular weight excluding hydrogens is 487 g/mol. The Morgan fingerprint density at radius 2 is 2.06 bits per heavy atom. The molecule has 0 saturated carbocycles. The van der Waals surface area contributed by atoms with Gasteiger partial charge in [0, 0.05) is 5.41 Å². The molecule has 3 N–H and O–H groups in total. The number of benzene rings is 1. The van der Waals surface area contributed by atoms with E-state index in [1.807, 2.05) is 6.92 Å². The van der Waals surface area contributed by atoms with Gasteiger partial charge in [-0.2, -0.15) is 10.2 Å². The fourth-order valence-electron chi connectivity index (χ4n) is 3.97. The molecule has 12 nitrogen and oxygen atoms in total. The van der Waals surface area contributed by atoms with Gasteiger partial charge in [-0.1, -0.05) is 25.1 Å². The third kappa shape index (κ3) is 5.84. The van der Waals surface area contributed by atoms with E-state index in [1.165, 1.54) is 13.3 Å². The first-order valence-corrected chi connectivity index (χ1v) is 13.2. The molecule has 1 aliphatic heterocycles. The maximum Gasteiger partial charge on any atom is 0.459 e. The first kappa shape index (κ1) is 26.0. The number of nitrogen functional groups attached to an aromatic ring is 1. The zero-order chi connectivity index (χ0) is 25.9. The number of carbonyl (C=O) groups excluding carboxylic acids is 1. The van der Waals surface area contributed by atoms with E-state index in [-0.39, 0.29) is 18.5 Å². The van der Waals surface area contributed by atoms with Crippen molar-refractivity contribution in [1.29, 1.82) is 0 Å². The monoisotopic (exact) mass is 518 g/mol. The average Bonchev–Trinajstić information content (AvgIpc) is 3.43. The number of fused-ring (bicyclic) bond motifs is 1. The highest BCUT2D eigenvalue weighted by Gasteiger charge is 2.42. The van der Waals surface area contributed by atoms with Crippen molar-refractivity contribution in [2.75, 3.05) is 18.9 Å². The van der Waals surface area contributed by atoms with Crippen molar-refractivity contribution < 1.29 is 27.9 Å². The second-order valence-electron chi connectivity index (χ2n) is 9.26. The third-order valence-electron chi connectivity index (χ3n) is 5.72. The van der Waals surface area contributed by atoms with Crippen molar-refractivity contribution >= 4 is 25.2 Å². The molecule has 0 bridgehead atoms. The lowest BCUT2D eigenvalue weighted by Crippen LogP contribution is -2.36. The number of ether oxygens (including phenoxy) is 2. The molecule has 194 valence electrons. The van der Waals surface area contributed by atoms with Gasteiger partial charge in [-0.25, -0.2) is 19.0 Å². The standard InChI is InChI=1S/C23H31N6O6P/c1-15(2)34-22(30)16(3)28-36(31,35-17-8-6-5-7-9-17)33-12-18-10-23(4,13-32-18)19-11-25-21-20(24)26-14-27-29(19)21/h5-9,11,14-16,18H,10,12-13H2,1-4H3,(H,28,31)(H2,24,26,27)/t16-,18-,23+,36?/m0/s1. The number of anilines is 1. The number of rotatable bonds is 10. The molecule has 0 amide bonds. The van der Waals surface area contributed by atoms with Gasteiger partial charge in [-0.05, 0) is 39.3 Å². The molecule has 1 aliphatic rings. The third-order valence-corrected chi connectivity index (χ3v) is 7.37. The Labute approximate surface area is 209 Å². The predicted octanol–water partition coefficient (Wildman–Crippen LogP) is 2.89. The minimum absolute atomic E-state index is 0.0352. The van der Waals surface area contributed by atoms with Crippen molar-refractivity contribution in [1.82, 2.24) is 24.7 Å². The molecule has 1 saturated heterocycles. The lowest BCUT2D eigenvalue weighted by molar-refractivity contribution is -0.149. The summed E-state index contributed by atoms with van der Waals surface area (Å²) in [5, 5.41) is 6.96. The van der Waals surface area contributed by atoms with Gasteiger partial charge in [-0.15, -0.1) is 0 Å². The topological polar surface area (TPSA) is 152 Å². The summed E-state index contributed by atoms with van der Waals surface area (Å²) in [6.07, 6.45) is 2.91. The number of nitrogens with two attached hydrogens (primary N) is 1. The summed E-state index contributed by atoms with van der Waals surface area (Å²) >= 11 is 0. The zero-order valence-corrected chi connectivity index (χ0v) is 21.6. The number of esters is 1. The summed E-state index contributed by atoms with van der Waals surface area (Å²) in [5.74, 6) is 0.0517. The van der Waals surface area contributed by atoms with Crippen molar-refractivity contribution in [2.45, 2.75) is 57.8 Å². The average molecular weight is 519 g/mol. The molecule has 1 unspecified atom stereocenters. The van der Waals surface area contributed by atoms with Gasteiger partial charge in [0.05, 0.1) is 37.3 Å². The molecular formula is C23H31N6O6P. The van der Waals surface area contributed by atoms with Gasteiger partial charge >= 0.3 is 13.7 Å². The van der Waals surface area contributed by atoms with Crippen molar-refractivity contribution in [3.8, 4) is 5.75 Å². The Balaban J connectivity index is 1.46.